The zero-order chi connectivity index (χ0) is 10.7. The lowest BCUT2D eigenvalue weighted by Gasteiger charge is -2.06. The number of aromatic nitrogens is 1. The summed E-state index contributed by atoms with van der Waals surface area (Å²) in [6.45, 7) is 1.98. The number of nitrogens with one attached hydrogen (secondary N) is 1. The van der Waals surface area contributed by atoms with Gasteiger partial charge in [-0.15, -0.1) is 22.9 Å². The smallest absolute Gasteiger partial charge is 0.187 e. The van der Waals surface area contributed by atoms with Gasteiger partial charge in [-0.3, -0.25) is 0 Å². The molecule has 0 radical (unpaired) electrons. The minimum atomic E-state index is 0.507. The summed E-state index contributed by atoms with van der Waals surface area (Å²) in [5.74, 6) is 0.507. The Labute approximate surface area is 97.9 Å². The van der Waals surface area contributed by atoms with E-state index in [1.54, 1.807) is 11.3 Å². The van der Waals surface area contributed by atoms with Crippen LogP contribution in [0.3, 0.4) is 0 Å². The molecule has 78 valence electrons. The van der Waals surface area contributed by atoms with E-state index in [2.05, 4.69) is 10.3 Å². The van der Waals surface area contributed by atoms with E-state index in [1.165, 1.54) is 0 Å². The molecule has 4 heteroatoms. The number of benzene rings is 1. The first-order valence-electron chi connectivity index (χ1n) is 4.62. The van der Waals surface area contributed by atoms with E-state index in [9.17, 15) is 0 Å². The Morgan fingerprint density at radius 2 is 2.20 bits per heavy atom. The van der Waals surface area contributed by atoms with Gasteiger partial charge in [0.15, 0.2) is 5.13 Å². The van der Waals surface area contributed by atoms with Gasteiger partial charge in [-0.05, 0) is 18.6 Å². The van der Waals surface area contributed by atoms with Crippen molar-refractivity contribution in [2.75, 3.05) is 5.32 Å². The van der Waals surface area contributed by atoms with E-state index in [-0.39, 0.29) is 0 Å². The SMILES string of the molecule is Cc1csc(Nc2ccccc2CCl)n1. The van der Waals surface area contributed by atoms with Crippen LogP contribution in [0.2, 0.25) is 0 Å². The molecule has 0 saturated heterocycles. The van der Waals surface area contributed by atoms with Crippen LogP contribution in [0.15, 0.2) is 29.6 Å². The van der Waals surface area contributed by atoms with Crippen molar-refractivity contribution in [3.63, 3.8) is 0 Å². The summed E-state index contributed by atoms with van der Waals surface area (Å²) in [6.07, 6.45) is 0. The predicted octanol–water partition coefficient (Wildman–Crippen LogP) is 3.93. The molecule has 0 aliphatic heterocycles. The average molecular weight is 239 g/mol. The first kappa shape index (κ1) is 10.5. The first-order valence-corrected chi connectivity index (χ1v) is 6.04. The Hall–Kier alpha value is -1.06. The minimum absolute atomic E-state index is 0.507. The molecule has 0 saturated carbocycles. The topological polar surface area (TPSA) is 24.9 Å². The van der Waals surface area contributed by atoms with Crippen LogP contribution in [-0.2, 0) is 5.88 Å². The molecule has 0 spiro atoms. The van der Waals surface area contributed by atoms with Crippen molar-refractivity contribution in [3.05, 3.63) is 40.9 Å². The first-order chi connectivity index (χ1) is 7.29. The molecule has 15 heavy (non-hydrogen) atoms. The second-order valence-electron chi connectivity index (χ2n) is 3.21. The summed E-state index contributed by atoms with van der Waals surface area (Å²) < 4.78 is 0. The molecular formula is C11H11ClN2S. The van der Waals surface area contributed by atoms with Gasteiger partial charge < -0.3 is 5.32 Å². The zero-order valence-electron chi connectivity index (χ0n) is 8.33. The van der Waals surface area contributed by atoms with E-state index in [4.69, 9.17) is 11.6 Å². The molecule has 2 aromatic rings. The van der Waals surface area contributed by atoms with Crippen molar-refractivity contribution in [2.24, 2.45) is 0 Å². The van der Waals surface area contributed by atoms with Gasteiger partial charge in [-0.2, -0.15) is 0 Å². The molecule has 1 heterocycles. The van der Waals surface area contributed by atoms with E-state index >= 15 is 0 Å². The third kappa shape index (κ3) is 2.49. The maximum atomic E-state index is 5.85. The summed E-state index contributed by atoms with van der Waals surface area (Å²) in [7, 11) is 0. The fraction of sp³-hybridized carbons (Fsp3) is 0.182. The van der Waals surface area contributed by atoms with Crippen molar-refractivity contribution >= 4 is 33.8 Å². The molecular weight excluding hydrogens is 228 g/mol. The zero-order valence-corrected chi connectivity index (χ0v) is 9.90. The third-order valence-electron chi connectivity index (χ3n) is 2.02. The Bertz CT molecular complexity index is 453. The molecule has 0 fully saturated rings. The third-order valence-corrected chi connectivity index (χ3v) is 3.19. The van der Waals surface area contributed by atoms with Crippen LogP contribution in [0.5, 0.6) is 0 Å². The highest BCUT2D eigenvalue weighted by Gasteiger charge is 2.02. The second kappa shape index (κ2) is 4.64. The number of hydrogen-bond acceptors (Lipinski definition) is 3. The molecule has 1 aromatic carbocycles. The molecule has 1 N–H and O–H groups in total. The molecule has 2 rings (SSSR count). The van der Waals surface area contributed by atoms with E-state index < -0.39 is 0 Å². The highest BCUT2D eigenvalue weighted by molar-refractivity contribution is 7.13. The Balaban J connectivity index is 2.23. The van der Waals surface area contributed by atoms with Gasteiger partial charge >= 0.3 is 0 Å². The fourth-order valence-corrected chi connectivity index (χ4v) is 2.22. The van der Waals surface area contributed by atoms with Crippen molar-refractivity contribution in [1.82, 2.24) is 4.98 Å². The fourth-order valence-electron chi connectivity index (χ4n) is 1.29. The lowest BCUT2D eigenvalue weighted by molar-refractivity contribution is 1.25. The number of para-hydroxylation sites is 1. The normalized spacial score (nSPS) is 10.3. The van der Waals surface area contributed by atoms with Gasteiger partial charge in [0, 0.05) is 16.9 Å². The maximum absolute atomic E-state index is 5.85. The lowest BCUT2D eigenvalue weighted by Crippen LogP contribution is -1.93. The highest BCUT2D eigenvalue weighted by Crippen LogP contribution is 2.24. The maximum Gasteiger partial charge on any atom is 0.187 e. The van der Waals surface area contributed by atoms with E-state index in [0.717, 1.165) is 22.1 Å². The van der Waals surface area contributed by atoms with Gasteiger partial charge in [0.05, 0.1) is 5.69 Å². The number of rotatable bonds is 3. The van der Waals surface area contributed by atoms with Crippen molar-refractivity contribution in [2.45, 2.75) is 12.8 Å². The monoisotopic (exact) mass is 238 g/mol. The van der Waals surface area contributed by atoms with Crippen LogP contribution in [-0.4, -0.2) is 4.98 Å². The number of hydrogen-bond donors (Lipinski definition) is 1. The molecule has 2 nitrogen and oxygen atoms in total. The minimum Gasteiger partial charge on any atom is -0.331 e. The Morgan fingerprint density at radius 1 is 1.40 bits per heavy atom. The number of alkyl halides is 1. The Morgan fingerprint density at radius 3 is 2.87 bits per heavy atom. The van der Waals surface area contributed by atoms with Crippen molar-refractivity contribution < 1.29 is 0 Å². The standard InChI is InChI=1S/C11H11ClN2S/c1-8-7-15-11(13-8)14-10-5-3-2-4-9(10)6-12/h2-5,7H,6H2,1H3,(H,13,14). The number of anilines is 2. The summed E-state index contributed by atoms with van der Waals surface area (Å²) in [4.78, 5) is 4.35. The summed E-state index contributed by atoms with van der Waals surface area (Å²) in [5, 5.41) is 6.19. The molecule has 0 atom stereocenters. The van der Waals surface area contributed by atoms with Crippen LogP contribution < -0.4 is 5.32 Å². The number of nitrogens with zero attached hydrogens (tertiary/aromatic N) is 1. The Kier molecular flexibility index (Phi) is 3.23. The largest absolute Gasteiger partial charge is 0.331 e. The highest BCUT2D eigenvalue weighted by atomic mass is 35.5. The molecule has 0 aliphatic rings. The van der Waals surface area contributed by atoms with E-state index in [1.807, 2.05) is 36.6 Å². The van der Waals surface area contributed by atoms with Gasteiger partial charge in [0.1, 0.15) is 0 Å². The van der Waals surface area contributed by atoms with Crippen LogP contribution >= 0.6 is 22.9 Å². The molecule has 0 amide bonds. The van der Waals surface area contributed by atoms with Gasteiger partial charge in [-0.1, -0.05) is 18.2 Å². The number of halogens is 1. The molecule has 1 aromatic heterocycles. The quantitative estimate of drug-likeness (QED) is 0.820. The average Bonchev–Trinajstić information content (AvgIpc) is 2.65. The molecule has 0 unspecified atom stereocenters. The summed E-state index contributed by atoms with van der Waals surface area (Å²) >= 11 is 7.44. The number of aryl methyl sites for hydroxylation is 1. The van der Waals surface area contributed by atoms with Crippen LogP contribution in [0.25, 0.3) is 0 Å². The lowest BCUT2D eigenvalue weighted by atomic mass is 10.2. The van der Waals surface area contributed by atoms with Gasteiger partial charge in [0.25, 0.3) is 0 Å². The molecule has 0 bridgehead atoms. The van der Waals surface area contributed by atoms with Crippen LogP contribution in [0, 0.1) is 6.92 Å². The van der Waals surface area contributed by atoms with Crippen LogP contribution in [0.4, 0.5) is 10.8 Å². The van der Waals surface area contributed by atoms with Gasteiger partial charge in [0.2, 0.25) is 0 Å². The van der Waals surface area contributed by atoms with Crippen LogP contribution in [0.1, 0.15) is 11.3 Å². The number of thiazole rings is 1. The molecule has 0 aliphatic carbocycles. The second-order valence-corrected chi connectivity index (χ2v) is 4.34. The van der Waals surface area contributed by atoms with Gasteiger partial charge in [-0.25, -0.2) is 4.98 Å². The van der Waals surface area contributed by atoms with Crippen molar-refractivity contribution in [1.29, 1.82) is 0 Å². The summed E-state index contributed by atoms with van der Waals surface area (Å²) in [5.41, 5.74) is 3.15. The summed E-state index contributed by atoms with van der Waals surface area (Å²) in [6, 6.07) is 7.99. The van der Waals surface area contributed by atoms with E-state index in [0.29, 0.717) is 5.88 Å². The predicted molar refractivity (Wildman–Crippen MR) is 66.1 cm³/mol. The van der Waals surface area contributed by atoms with Crippen molar-refractivity contribution in [3.8, 4) is 0 Å².